The Morgan fingerprint density at radius 1 is 1.45 bits per heavy atom. The van der Waals surface area contributed by atoms with Gasteiger partial charge in [0.15, 0.2) is 0 Å². The van der Waals surface area contributed by atoms with Gasteiger partial charge >= 0.3 is 0 Å². The first-order valence-corrected chi connectivity index (χ1v) is 7.06. The normalized spacial score (nSPS) is 12.8. The highest BCUT2D eigenvalue weighted by Gasteiger charge is 2.22. The van der Waals surface area contributed by atoms with Gasteiger partial charge in [-0.15, -0.1) is 0 Å². The summed E-state index contributed by atoms with van der Waals surface area (Å²) in [6, 6.07) is 2.34. The monoisotopic (exact) mass is 347 g/mol. The molecule has 0 spiro atoms. The Labute approximate surface area is 126 Å². The molecule has 0 saturated carbocycles. The molecule has 1 aromatic rings. The van der Waals surface area contributed by atoms with Gasteiger partial charge in [-0.05, 0) is 35.9 Å². The molecule has 0 fully saturated rings. The second-order valence-electron chi connectivity index (χ2n) is 5.30. The van der Waals surface area contributed by atoms with Crippen LogP contribution in [0.4, 0.5) is 15.8 Å². The van der Waals surface area contributed by atoms with Gasteiger partial charge in [-0.1, -0.05) is 13.8 Å². The Hall–Kier alpha value is -1.21. The van der Waals surface area contributed by atoms with Crippen molar-refractivity contribution >= 4 is 27.3 Å². The number of benzene rings is 1. The van der Waals surface area contributed by atoms with Crippen LogP contribution in [0.1, 0.15) is 13.8 Å². The van der Waals surface area contributed by atoms with E-state index in [1.165, 1.54) is 6.07 Å². The van der Waals surface area contributed by atoms with Gasteiger partial charge in [0.1, 0.15) is 11.5 Å². The van der Waals surface area contributed by atoms with Crippen LogP contribution in [-0.4, -0.2) is 36.5 Å². The summed E-state index contributed by atoms with van der Waals surface area (Å²) in [5.41, 5.74) is 0.0685. The summed E-state index contributed by atoms with van der Waals surface area (Å²) in [5, 5.41) is 14.2. The lowest BCUT2D eigenvalue weighted by Crippen LogP contribution is -2.36. The van der Waals surface area contributed by atoms with Crippen LogP contribution >= 0.6 is 15.9 Å². The predicted molar refractivity (Wildman–Crippen MR) is 81.6 cm³/mol. The van der Waals surface area contributed by atoms with Gasteiger partial charge in [-0.2, -0.15) is 0 Å². The number of nitro groups is 1. The van der Waals surface area contributed by atoms with E-state index < -0.39 is 10.7 Å². The highest BCUT2D eigenvalue weighted by atomic mass is 79.9. The molecule has 0 saturated heterocycles. The summed E-state index contributed by atoms with van der Waals surface area (Å²) in [5.74, 6) is -0.269. The zero-order valence-electron chi connectivity index (χ0n) is 12.0. The summed E-state index contributed by atoms with van der Waals surface area (Å²) in [6.45, 7) is 4.73. The molecule has 7 heteroatoms. The molecule has 0 aromatic heterocycles. The van der Waals surface area contributed by atoms with Crippen LogP contribution in [0.3, 0.4) is 0 Å². The van der Waals surface area contributed by atoms with E-state index in [2.05, 4.69) is 21.2 Å². The number of anilines is 1. The third-order valence-electron chi connectivity index (χ3n) is 2.94. The average Bonchev–Trinajstić information content (AvgIpc) is 2.31. The Kier molecular flexibility index (Phi) is 5.88. The molecule has 0 aliphatic rings. The van der Waals surface area contributed by atoms with Crippen molar-refractivity contribution in [3.05, 3.63) is 32.5 Å². The van der Waals surface area contributed by atoms with Crippen LogP contribution in [0, 0.1) is 21.8 Å². The number of hydrogen-bond acceptors (Lipinski definition) is 4. The molecule has 0 radical (unpaired) electrons. The van der Waals surface area contributed by atoms with Gasteiger partial charge in [0.05, 0.1) is 9.40 Å². The van der Waals surface area contributed by atoms with Crippen molar-refractivity contribution in [2.75, 3.05) is 26.0 Å². The lowest BCUT2D eigenvalue weighted by atomic mass is 10.0. The van der Waals surface area contributed by atoms with Crippen molar-refractivity contribution in [3.63, 3.8) is 0 Å². The van der Waals surface area contributed by atoms with Gasteiger partial charge in [0, 0.05) is 24.7 Å². The maximum Gasteiger partial charge on any atom is 0.293 e. The molecular weight excluding hydrogens is 329 g/mol. The Morgan fingerprint density at radius 3 is 2.50 bits per heavy atom. The molecule has 1 rings (SSSR count). The van der Waals surface area contributed by atoms with Gasteiger partial charge in [-0.3, -0.25) is 10.1 Å². The fraction of sp³-hybridized carbons (Fsp3) is 0.538. The molecule has 1 unspecified atom stereocenters. The van der Waals surface area contributed by atoms with E-state index in [0.717, 1.165) is 6.07 Å². The lowest BCUT2D eigenvalue weighted by Gasteiger charge is -2.26. The minimum atomic E-state index is -0.523. The summed E-state index contributed by atoms with van der Waals surface area (Å²) in [6.07, 6.45) is 0. The summed E-state index contributed by atoms with van der Waals surface area (Å²) >= 11 is 2.97. The molecule has 5 nitrogen and oxygen atoms in total. The Balaban J connectivity index is 3.11. The molecule has 112 valence electrons. The zero-order chi connectivity index (χ0) is 15.4. The summed E-state index contributed by atoms with van der Waals surface area (Å²) in [7, 11) is 3.85. The minimum absolute atomic E-state index is 0.00993. The molecule has 0 heterocycles. The van der Waals surface area contributed by atoms with Crippen LogP contribution in [-0.2, 0) is 0 Å². The van der Waals surface area contributed by atoms with E-state index in [1.54, 1.807) is 0 Å². The molecule has 20 heavy (non-hydrogen) atoms. The van der Waals surface area contributed by atoms with Crippen molar-refractivity contribution in [1.29, 1.82) is 0 Å². The third kappa shape index (κ3) is 4.42. The first kappa shape index (κ1) is 16.8. The van der Waals surface area contributed by atoms with Crippen molar-refractivity contribution in [2.24, 2.45) is 5.92 Å². The molecule has 1 aromatic carbocycles. The first-order valence-electron chi connectivity index (χ1n) is 6.27. The quantitative estimate of drug-likeness (QED) is 0.632. The van der Waals surface area contributed by atoms with Gasteiger partial charge in [-0.25, -0.2) is 4.39 Å². The maximum atomic E-state index is 13.6. The first-order chi connectivity index (χ1) is 9.22. The van der Waals surface area contributed by atoms with Crippen LogP contribution in [0.15, 0.2) is 16.6 Å². The van der Waals surface area contributed by atoms with Crippen LogP contribution in [0.25, 0.3) is 0 Å². The van der Waals surface area contributed by atoms with Crippen LogP contribution < -0.4 is 5.32 Å². The average molecular weight is 348 g/mol. The molecule has 0 aliphatic carbocycles. The largest absolute Gasteiger partial charge is 0.375 e. The van der Waals surface area contributed by atoms with E-state index in [1.807, 2.05) is 32.8 Å². The number of hydrogen-bond donors (Lipinski definition) is 1. The zero-order valence-corrected chi connectivity index (χ0v) is 13.6. The smallest absolute Gasteiger partial charge is 0.293 e. The molecule has 0 bridgehead atoms. The fourth-order valence-electron chi connectivity index (χ4n) is 1.82. The SMILES string of the molecule is CC(C)C(CN(C)C)Nc1cc(F)c(Br)cc1[N+](=O)[O-]. The number of nitro benzene ring substituents is 1. The number of nitrogens with zero attached hydrogens (tertiary/aromatic N) is 2. The molecule has 0 amide bonds. The van der Waals surface area contributed by atoms with E-state index in [4.69, 9.17) is 0 Å². The van der Waals surface area contributed by atoms with Crippen molar-refractivity contribution in [3.8, 4) is 0 Å². The Morgan fingerprint density at radius 2 is 2.05 bits per heavy atom. The van der Waals surface area contributed by atoms with Crippen LogP contribution in [0.2, 0.25) is 0 Å². The second-order valence-corrected chi connectivity index (χ2v) is 6.15. The minimum Gasteiger partial charge on any atom is -0.375 e. The molecular formula is C13H19BrFN3O2. The third-order valence-corrected chi connectivity index (χ3v) is 3.55. The highest BCUT2D eigenvalue weighted by Crippen LogP contribution is 2.31. The van der Waals surface area contributed by atoms with Crippen molar-refractivity contribution < 1.29 is 9.31 Å². The summed E-state index contributed by atoms with van der Waals surface area (Å²) in [4.78, 5) is 12.5. The highest BCUT2D eigenvalue weighted by molar-refractivity contribution is 9.10. The van der Waals surface area contributed by atoms with Gasteiger partial charge in [0.2, 0.25) is 0 Å². The van der Waals surface area contributed by atoms with E-state index in [-0.39, 0.29) is 27.8 Å². The molecule has 1 N–H and O–H groups in total. The van der Waals surface area contributed by atoms with Crippen LogP contribution in [0.5, 0.6) is 0 Å². The number of halogens is 2. The van der Waals surface area contributed by atoms with Gasteiger partial charge in [0.25, 0.3) is 5.69 Å². The molecule has 0 aliphatic heterocycles. The van der Waals surface area contributed by atoms with E-state index in [0.29, 0.717) is 6.54 Å². The number of nitrogens with one attached hydrogen (secondary N) is 1. The van der Waals surface area contributed by atoms with E-state index >= 15 is 0 Å². The number of rotatable bonds is 6. The molecule has 1 atom stereocenters. The number of likely N-dealkylation sites (N-methyl/N-ethyl adjacent to an activating group) is 1. The standard InChI is InChI=1S/C13H19BrFN3O2/c1-8(2)12(7-17(3)4)16-11-6-10(15)9(14)5-13(11)18(19)20/h5-6,8,12,16H,7H2,1-4H3. The maximum absolute atomic E-state index is 13.6. The van der Waals surface area contributed by atoms with Crippen molar-refractivity contribution in [2.45, 2.75) is 19.9 Å². The summed E-state index contributed by atoms with van der Waals surface area (Å²) < 4.78 is 13.7. The Bertz CT molecular complexity index is 495. The van der Waals surface area contributed by atoms with E-state index in [9.17, 15) is 14.5 Å². The second kappa shape index (κ2) is 6.99. The van der Waals surface area contributed by atoms with Gasteiger partial charge < -0.3 is 10.2 Å². The predicted octanol–water partition coefficient (Wildman–Crippen LogP) is 3.49. The van der Waals surface area contributed by atoms with Crippen molar-refractivity contribution in [1.82, 2.24) is 4.90 Å². The topological polar surface area (TPSA) is 58.4 Å². The lowest BCUT2D eigenvalue weighted by molar-refractivity contribution is -0.384. The fourth-order valence-corrected chi connectivity index (χ4v) is 2.15.